The number of carbonyl (C=O) groups excluding carboxylic acids is 9. The van der Waals surface area contributed by atoms with E-state index >= 15 is 0 Å². The minimum atomic E-state index is -0.625. The van der Waals surface area contributed by atoms with E-state index in [-0.39, 0.29) is 53.8 Å². The maximum absolute atomic E-state index is 12.7. The summed E-state index contributed by atoms with van der Waals surface area (Å²) in [6.45, 7) is 22.7. The number of aromatic nitrogens is 6. The SMILES string of the molecule is CC(C)(C)C(=O)c1cn2cc(NC(=O)c3ccc(OC(=O)N4CCC(O)CC4)cc3)ccc2n1.COCCOCCOCCNC(=O)Nc1ccc(C(=O)Nc2ccc3nc(C(=O)C(C)(C)C)cn3c2)cc1.COCCOCCOCCNC(=O)Oc1ccc(C(=O)Nc2ccc3nc(C(=O)C(C)(C)C)cn3c2)cc1. The van der Waals surface area contributed by atoms with E-state index in [4.69, 9.17) is 37.9 Å². The van der Waals surface area contributed by atoms with Crippen LogP contribution in [0.15, 0.2) is 146 Å². The molecule has 0 aliphatic carbocycles. The lowest BCUT2D eigenvalue weighted by atomic mass is 9.89. The van der Waals surface area contributed by atoms with Crippen molar-refractivity contribution in [3.8, 4) is 11.5 Å². The quantitative estimate of drug-likeness (QED) is 0.0162. The fraction of sp³-hybridized carbons (Fsp3) is 0.392. The van der Waals surface area contributed by atoms with E-state index < -0.39 is 28.4 Å². The number of aliphatic hydroxyl groups excluding tert-OH is 1. The Morgan fingerprint density at radius 3 is 1.09 bits per heavy atom. The van der Waals surface area contributed by atoms with Crippen molar-refractivity contribution in [2.45, 2.75) is 81.3 Å². The maximum Gasteiger partial charge on any atom is 0.415 e. The summed E-state index contributed by atoms with van der Waals surface area (Å²) < 4.78 is 46.7. The molecule has 1 aliphatic heterocycles. The lowest BCUT2D eigenvalue weighted by molar-refractivity contribution is 0.0257. The summed E-state index contributed by atoms with van der Waals surface area (Å²) >= 11 is 0. The average molecular weight is 1520 g/mol. The predicted octanol–water partition coefficient (Wildman–Crippen LogP) is 11.0. The third-order valence-electron chi connectivity index (χ3n) is 16.3. The van der Waals surface area contributed by atoms with Gasteiger partial charge in [0.2, 0.25) is 0 Å². The van der Waals surface area contributed by atoms with Crippen LogP contribution in [0.3, 0.4) is 0 Å². The summed E-state index contributed by atoms with van der Waals surface area (Å²) in [7, 11) is 3.22. The van der Waals surface area contributed by atoms with E-state index in [1.165, 1.54) is 12.1 Å². The minimum Gasteiger partial charge on any atom is -0.410 e. The van der Waals surface area contributed by atoms with E-state index in [0.29, 0.717) is 184 Å². The van der Waals surface area contributed by atoms with Gasteiger partial charge in [-0.3, -0.25) is 28.8 Å². The Bertz CT molecular complexity index is 4410. The molecule has 0 atom stereocenters. The highest BCUT2D eigenvalue weighted by Crippen LogP contribution is 2.26. The van der Waals surface area contributed by atoms with Crippen LogP contribution in [0.2, 0.25) is 0 Å². The molecule has 0 unspecified atom stereocenters. The molecule has 0 radical (unpaired) electrons. The topological polar surface area (TPSA) is 375 Å². The number of fused-ring (bicyclic) bond motifs is 3. The van der Waals surface area contributed by atoms with Crippen LogP contribution in [-0.2, 0) is 28.4 Å². The number of Topliss-reactive ketones (excluding diaryl/α,β-unsaturated/α-hetero) is 3. The van der Waals surface area contributed by atoms with Gasteiger partial charge in [0.15, 0.2) is 17.3 Å². The number of amides is 7. The van der Waals surface area contributed by atoms with Crippen molar-refractivity contribution in [2.24, 2.45) is 16.2 Å². The van der Waals surface area contributed by atoms with Crippen LogP contribution in [0.5, 0.6) is 11.5 Å². The van der Waals surface area contributed by atoms with E-state index in [1.54, 1.807) is 167 Å². The second-order valence-corrected chi connectivity index (χ2v) is 28.4. The van der Waals surface area contributed by atoms with Crippen LogP contribution >= 0.6 is 0 Å². The summed E-state index contributed by atoms with van der Waals surface area (Å²) in [5.41, 5.74) is 4.73. The highest BCUT2D eigenvalue weighted by atomic mass is 16.6. The van der Waals surface area contributed by atoms with Gasteiger partial charge in [-0.15, -0.1) is 0 Å². The number of methoxy groups -OCH3 is 2. The molecule has 6 aromatic heterocycles. The molecular weight excluding hydrogens is 1420 g/mol. The van der Waals surface area contributed by atoms with Crippen molar-refractivity contribution in [1.29, 1.82) is 0 Å². The molecule has 9 aromatic rings. The summed E-state index contributed by atoms with van der Waals surface area (Å²) in [6, 6.07) is 29.0. The third-order valence-corrected chi connectivity index (χ3v) is 16.3. The first-order valence-electron chi connectivity index (χ1n) is 35.7. The number of ketones is 3. The summed E-state index contributed by atoms with van der Waals surface area (Å²) in [4.78, 5) is 127. The second kappa shape index (κ2) is 40.2. The van der Waals surface area contributed by atoms with Crippen LogP contribution in [0, 0.1) is 16.2 Å². The monoisotopic (exact) mass is 1520 g/mol. The Labute approximate surface area is 637 Å². The summed E-state index contributed by atoms with van der Waals surface area (Å²) in [5, 5.41) is 26.0. The van der Waals surface area contributed by atoms with E-state index in [2.05, 4.69) is 46.9 Å². The molecule has 586 valence electrons. The molecule has 0 spiro atoms. The van der Waals surface area contributed by atoms with Crippen LogP contribution in [0.1, 0.15) is 138 Å². The number of rotatable bonds is 30. The second-order valence-electron chi connectivity index (χ2n) is 28.4. The van der Waals surface area contributed by atoms with Crippen molar-refractivity contribution in [3.05, 3.63) is 180 Å². The zero-order chi connectivity index (χ0) is 79.5. The Morgan fingerprint density at radius 1 is 0.400 bits per heavy atom. The van der Waals surface area contributed by atoms with Crippen LogP contribution in [0.4, 0.5) is 37.1 Å². The first kappa shape index (κ1) is 84.3. The maximum atomic E-state index is 12.7. The molecule has 1 fully saturated rings. The molecule has 1 aliphatic rings. The molecule has 7 amide bonds. The molecule has 0 bridgehead atoms. The van der Waals surface area contributed by atoms with Crippen LogP contribution in [-0.4, -0.2) is 204 Å². The van der Waals surface area contributed by atoms with Gasteiger partial charge in [0.05, 0.1) is 89.2 Å². The number of urea groups is 1. The Kier molecular flexibility index (Phi) is 30.8. The number of pyridine rings is 3. The summed E-state index contributed by atoms with van der Waals surface area (Å²) in [6.07, 6.45) is 9.68. The molecule has 7 heterocycles. The van der Waals surface area contributed by atoms with Gasteiger partial charge in [-0.05, 0) is 122 Å². The molecule has 31 nitrogen and oxygen atoms in total. The Balaban J connectivity index is 0.000000208. The van der Waals surface area contributed by atoms with Gasteiger partial charge in [-0.1, -0.05) is 62.3 Å². The molecule has 3 aromatic carbocycles. The number of nitrogens with zero attached hydrogens (tertiary/aromatic N) is 7. The number of anilines is 4. The number of ether oxygens (including phenoxy) is 8. The zero-order valence-electron chi connectivity index (χ0n) is 63.8. The number of hydrogen-bond acceptors (Lipinski definition) is 21. The molecule has 110 heavy (non-hydrogen) atoms. The molecule has 0 saturated carbocycles. The Morgan fingerprint density at radius 2 is 0.727 bits per heavy atom. The largest absolute Gasteiger partial charge is 0.415 e. The van der Waals surface area contributed by atoms with E-state index in [0.717, 1.165) is 0 Å². The number of benzene rings is 3. The molecular formula is C79H97N13O18. The number of imidazole rings is 3. The first-order chi connectivity index (χ1) is 52.4. The minimum absolute atomic E-state index is 0.0537. The van der Waals surface area contributed by atoms with Crippen molar-refractivity contribution in [3.63, 3.8) is 0 Å². The lowest BCUT2D eigenvalue weighted by Crippen LogP contribution is -2.41. The van der Waals surface area contributed by atoms with Crippen LogP contribution < -0.4 is 41.4 Å². The third kappa shape index (κ3) is 26.2. The highest BCUT2D eigenvalue weighted by Gasteiger charge is 2.29. The number of piperidine rings is 1. The molecule has 1 saturated heterocycles. The normalized spacial score (nSPS) is 12.4. The number of carbonyl (C=O) groups is 9. The zero-order valence-corrected chi connectivity index (χ0v) is 63.8. The van der Waals surface area contributed by atoms with Gasteiger partial charge < -0.3 is 93.0 Å². The van der Waals surface area contributed by atoms with Gasteiger partial charge in [0.1, 0.15) is 45.5 Å². The standard InChI is InChI=1S/C27H35N5O6.C27H34N4O7.C25H28N4O5/c1-27(2,3)24(33)22-18-32-17-21(9-10-23(32)31-22)29-25(34)19-5-7-20(8-6-19)30-26(35)28-11-12-37-15-16-38-14-13-36-4;1-27(2,3)24(32)22-18-31-17-20(7-10-23(31)30-22)29-25(33)19-5-8-21(9-6-19)38-26(34)28-11-12-36-15-16-37-14-13-35-4;1-25(2,3)22(31)20-15-29-14-17(6-9-21(29)27-20)26-23(32)16-4-7-19(8-5-16)34-24(33)28-12-10-18(30)11-13-28/h5-10,17-18H,11-16H2,1-4H3,(H,29,34)(H2,28,30,35);5-10,17-18H,11-16H2,1-4H3,(H,28,34)(H,29,33);4-9,14-15,18,30H,10-13H2,1-3H3,(H,26,32). The van der Waals surface area contributed by atoms with E-state index in [1.807, 2.05) is 62.3 Å². The fourth-order valence-corrected chi connectivity index (χ4v) is 10.3. The van der Waals surface area contributed by atoms with Gasteiger partial charge in [0.25, 0.3) is 17.7 Å². The highest BCUT2D eigenvalue weighted by molar-refractivity contribution is 6.06. The molecule has 7 N–H and O–H groups in total. The molecule has 10 rings (SSSR count). The van der Waals surface area contributed by atoms with Gasteiger partial charge in [0, 0.05) is 116 Å². The number of likely N-dealkylation sites (tertiary alicyclic amines) is 1. The van der Waals surface area contributed by atoms with Crippen molar-refractivity contribution >= 4 is 93.0 Å². The predicted molar refractivity (Wildman–Crippen MR) is 411 cm³/mol. The molecule has 31 heteroatoms. The van der Waals surface area contributed by atoms with Gasteiger partial charge >= 0.3 is 18.2 Å². The van der Waals surface area contributed by atoms with Crippen LogP contribution in [0.25, 0.3) is 16.9 Å². The smallest absolute Gasteiger partial charge is 0.410 e. The number of aliphatic hydroxyl groups is 1. The fourth-order valence-electron chi connectivity index (χ4n) is 10.3. The van der Waals surface area contributed by atoms with Gasteiger partial charge in [-0.2, -0.15) is 0 Å². The summed E-state index contributed by atoms with van der Waals surface area (Å²) in [5.74, 6) is -0.512. The van der Waals surface area contributed by atoms with Crippen molar-refractivity contribution in [1.82, 2.24) is 43.7 Å². The first-order valence-corrected chi connectivity index (χ1v) is 35.7. The lowest BCUT2D eigenvalue weighted by Gasteiger charge is -2.28. The van der Waals surface area contributed by atoms with Crippen molar-refractivity contribution in [2.75, 3.05) is 128 Å². The number of hydrogen-bond donors (Lipinski definition) is 7. The Hall–Kier alpha value is -11.3. The number of nitrogens with one attached hydrogen (secondary N) is 6. The van der Waals surface area contributed by atoms with Gasteiger partial charge in [-0.25, -0.2) is 29.3 Å². The van der Waals surface area contributed by atoms with Crippen molar-refractivity contribution < 1.29 is 86.2 Å². The average Bonchev–Trinajstić information content (AvgIpc) is 1.67. The van der Waals surface area contributed by atoms with E-state index in [9.17, 15) is 48.3 Å².